The summed E-state index contributed by atoms with van der Waals surface area (Å²) in [5.41, 5.74) is -0.614. The third kappa shape index (κ3) is 3.63. The van der Waals surface area contributed by atoms with E-state index in [0.717, 1.165) is 25.9 Å². The minimum Gasteiger partial charge on any atom is -0.386 e. The summed E-state index contributed by atoms with van der Waals surface area (Å²) in [6, 6.07) is 0. The largest absolute Gasteiger partial charge is 0.386 e. The van der Waals surface area contributed by atoms with E-state index < -0.39 is 5.60 Å². The van der Waals surface area contributed by atoms with Gasteiger partial charge in [0.05, 0.1) is 12.7 Å². The first-order valence-corrected chi connectivity index (χ1v) is 5.04. The van der Waals surface area contributed by atoms with Crippen LogP contribution in [-0.2, 0) is 4.74 Å². The highest BCUT2D eigenvalue weighted by molar-refractivity contribution is 4.85. The molecule has 1 heterocycles. The van der Waals surface area contributed by atoms with Gasteiger partial charge in [-0.05, 0) is 40.3 Å². The minimum absolute atomic E-state index is 0.205. The van der Waals surface area contributed by atoms with Crippen LogP contribution in [0.15, 0.2) is 0 Å². The molecule has 3 nitrogen and oxygen atoms in total. The molecule has 1 aliphatic heterocycles. The van der Waals surface area contributed by atoms with Gasteiger partial charge in [0, 0.05) is 6.54 Å². The number of nitrogens with zero attached hydrogens (tertiary/aromatic N) is 1. The van der Waals surface area contributed by atoms with Gasteiger partial charge in [-0.3, -0.25) is 0 Å². The molecule has 13 heavy (non-hydrogen) atoms. The Morgan fingerprint density at radius 1 is 1.54 bits per heavy atom. The first-order valence-electron chi connectivity index (χ1n) is 5.04. The van der Waals surface area contributed by atoms with E-state index >= 15 is 0 Å². The lowest BCUT2D eigenvalue weighted by Crippen LogP contribution is -2.49. The molecule has 78 valence electrons. The van der Waals surface area contributed by atoms with Gasteiger partial charge in [-0.1, -0.05) is 0 Å². The van der Waals surface area contributed by atoms with E-state index in [2.05, 4.69) is 4.90 Å². The molecule has 0 aliphatic carbocycles. The molecule has 0 amide bonds. The number of rotatable bonds is 3. The van der Waals surface area contributed by atoms with E-state index in [1.165, 1.54) is 0 Å². The molecule has 0 aromatic carbocycles. The van der Waals surface area contributed by atoms with Crippen molar-refractivity contribution in [2.75, 3.05) is 26.7 Å². The number of likely N-dealkylation sites (N-methyl/N-ethyl adjacent to an activating group) is 1. The first kappa shape index (κ1) is 11.0. The topological polar surface area (TPSA) is 32.7 Å². The van der Waals surface area contributed by atoms with Gasteiger partial charge in [-0.2, -0.15) is 0 Å². The molecule has 0 spiro atoms. The highest BCUT2D eigenvalue weighted by Gasteiger charge is 2.32. The van der Waals surface area contributed by atoms with Crippen LogP contribution in [0.25, 0.3) is 0 Å². The lowest BCUT2D eigenvalue weighted by Gasteiger charge is -2.37. The molecule has 1 rings (SSSR count). The fourth-order valence-electron chi connectivity index (χ4n) is 1.78. The molecular formula is C10H21NO2. The average Bonchev–Trinajstić information content (AvgIpc) is 2.01. The van der Waals surface area contributed by atoms with E-state index in [9.17, 15) is 5.11 Å². The third-order valence-corrected chi connectivity index (χ3v) is 2.43. The van der Waals surface area contributed by atoms with E-state index in [4.69, 9.17) is 4.74 Å². The molecule has 1 aliphatic rings. The van der Waals surface area contributed by atoms with Crippen LogP contribution in [0.3, 0.4) is 0 Å². The molecule has 0 bridgehead atoms. The number of aliphatic hydroxyl groups is 1. The second-order valence-corrected chi connectivity index (χ2v) is 4.43. The van der Waals surface area contributed by atoms with Gasteiger partial charge in [0.25, 0.3) is 0 Å². The number of hydrogen-bond donors (Lipinski definition) is 1. The molecule has 0 aromatic heterocycles. The number of piperidine rings is 1. The summed E-state index contributed by atoms with van der Waals surface area (Å²) >= 11 is 0. The second-order valence-electron chi connectivity index (χ2n) is 4.43. The van der Waals surface area contributed by atoms with Crippen molar-refractivity contribution in [3.8, 4) is 0 Å². The monoisotopic (exact) mass is 187 g/mol. The molecule has 1 unspecified atom stereocenters. The quantitative estimate of drug-likeness (QED) is 0.711. The molecule has 1 atom stereocenters. The number of likely N-dealkylation sites (tertiary alicyclic amines) is 1. The number of hydrogen-bond acceptors (Lipinski definition) is 3. The van der Waals surface area contributed by atoms with Crippen molar-refractivity contribution in [3.05, 3.63) is 0 Å². The van der Waals surface area contributed by atoms with Gasteiger partial charge in [0.1, 0.15) is 5.60 Å². The van der Waals surface area contributed by atoms with E-state index in [1.54, 1.807) is 0 Å². The predicted octanol–water partition coefficient (Wildman–Crippen LogP) is 0.868. The maximum absolute atomic E-state index is 10.1. The number of β-amino-alcohol motifs (C(OH)–C–C–N with tert-alkyl or cyclic N) is 1. The van der Waals surface area contributed by atoms with Gasteiger partial charge in [0.2, 0.25) is 0 Å². The summed E-state index contributed by atoms with van der Waals surface area (Å²) in [4.78, 5) is 2.16. The molecule has 1 fully saturated rings. The number of ether oxygens (including phenoxy) is 1. The minimum atomic E-state index is -0.614. The highest BCUT2D eigenvalue weighted by Crippen LogP contribution is 2.20. The van der Waals surface area contributed by atoms with Gasteiger partial charge < -0.3 is 14.7 Å². The van der Waals surface area contributed by atoms with Gasteiger partial charge in [-0.25, -0.2) is 0 Å². The Bertz CT molecular complexity index is 161. The van der Waals surface area contributed by atoms with Crippen LogP contribution in [0, 0.1) is 0 Å². The van der Waals surface area contributed by atoms with Crippen molar-refractivity contribution < 1.29 is 9.84 Å². The standard InChI is InChI=1S/C10H21NO2/c1-9(2)13-8-10(12)5-4-6-11(3)7-10/h9,12H,4-8H2,1-3H3. The lowest BCUT2D eigenvalue weighted by atomic mass is 9.94. The second kappa shape index (κ2) is 4.40. The van der Waals surface area contributed by atoms with Gasteiger partial charge in [-0.15, -0.1) is 0 Å². The average molecular weight is 187 g/mol. The maximum atomic E-state index is 10.1. The van der Waals surface area contributed by atoms with Crippen LogP contribution < -0.4 is 0 Å². The molecule has 0 saturated carbocycles. The van der Waals surface area contributed by atoms with Crippen molar-refractivity contribution in [1.29, 1.82) is 0 Å². The zero-order valence-electron chi connectivity index (χ0n) is 8.92. The van der Waals surface area contributed by atoms with Crippen LogP contribution in [0.4, 0.5) is 0 Å². The summed E-state index contributed by atoms with van der Waals surface area (Å²) in [5.74, 6) is 0. The van der Waals surface area contributed by atoms with E-state index in [0.29, 0.717) is 6.61 Å². The van der Waals surface area contributed by atoms with Crippen LogP contribution in [0.5, 0.6) is 0 Å². The molecule has 3 heteroatoms. The lowest BCUT2D eigenvalue weighted by molar-refractivity contribution is -0.0958. The Morgan fingerprint density at radius 2 is 2.23 bits per heavy atom. The normalized spacial score (nSPS) is 31.2. The highest BCUT2D eigenvalue weighted by atomic mass is 16.5. The molecule has 1 N–H and O–H groups in total. The fourth-order valence-corrected chi connectivity index (χ4v) is 1.78. The van der Waals surface area contributed by atoms with Crippen LogP contribution >= 0.6 is 0 Å². The van der Waals surface area contributed by atoms with Gasteiger partial charge >= 0.3 is 0 Å². The Morgan fingerprint density at radius 3 is 2.77 bits per heavy atom. The molecular weight excluding hydrogens is 166 g/mol. The molecule has 1 saturated heterocycles. The summed E-state index contributed by atoms with van der Waals surface area (Å²) in [6.45, 7) is 6.28. The Hall–Kier alpha value is -0.120. The van der Waals surface area contributed by atoms with Crippen molar-refractivity contribution >= 4 is 0 Å². The van der Waals surface area contributed by atoms with Crippen molar-refractivity contribution in [1.82, 2.24) is 4.90 Å². The predicted molar refractivity (Wildman–Crippen MR) is 52.8 cm³/mol. The van der Waals surface area contributed by atoms with Crippen LogP contribution in [0.1, 0.15) is 26.7 Å². The zero-order chi connectivity index (χ0) is 9.90. The van der Waals surface area contributed by atoms with Crippen molar-refractivity contribution in [2.45, 2.75) is 38.4 Å². The Labute approximate surface area is 80.7 Å². The summed E-state index contributed by atoms with van der Waals surface area (Å²) < 4.78 is 5.46. The van der Waals surface area contributed by atoms with Crippen molar-refractivity contribution in [3.63, 3.8) is 0 Å². The van der Waals surface area contributed by atoms with Crippen LogP contribution in [0.2, 0.25) is 0 Å². The Kier molecular flexibility index (Phi) is 3.71. The smallest absolute Gasteiger partial charge is 0.101 e. The Balaban J connectivity index is 2.35. The summed E-state index contributed by atoms with van der Waals surface area (Å²) in [6.07, 6.45) is 2.13. The zero-order valence-corrected chi connectivity index (χ0v) is 8.92. The van der Waals surface area contributed by atoms with Gasteiger partial charge in [0.15, 0.2) is 0 Å². The fraction of sp³-hybridized carbons (Fsp3) is 1.00. The SMILES string of the molecule is CC(C)OCC1(O)CCCN(C)C1. The first-order chi connectivity index (χ1) is 6.02. The van der Waals surface area contributed by atoms with E-state index in [-0.39, 0.29) is 6.10 Å². The van der Waals surface area contributed by atoms with Crippen molar-refractivity contribution in [2.24, 2.45) is 0 Å². The third-order valence-electron chi connectivity index (χ3n) is 2.43. The summed E-state index contributed by atoms with van der Waals surface area (Å²) in [5, 5.41) is 10.1. The van der Waals surface area contributed by atoms with E-state index in [1.807, 2.05) is 20.9 Å². The molecule has 0 radical (unpaired) electrons. The summed E-state index contributed by atoms with van der Waals surface area (Å²) in [7, 11) is 2.04. The van der Waals surface area contributed by atoms with Crippen LogP contribution in [-0.4, -0.2) is 48.5 Å². The molecule has 0 aromatic rings. The maximum Gasteiger partial charge on any atom is 0.101 e.